The second-order valence-corrected chi connectivity index (χ2v) is 3.85. The molecule has 0 aromatic heterocycles. The highest BCUT2D eigenvalue weighted by atomic mass is 31.2. The van der Waals surface area contributed by atoms with Gasteiger partial charge in [0.2, 0.25) is 5.79 Å². The quantitative estimate of drug-likeness (QED) is 0.497. The summed E-state index contributed by atoms with van der Waals surface area (Å²) in [5.41, 5.74) is 0. The molecule has 0 aliphatic rings. The van der Waals surface area contributed by atoms with E-state index in [1.165, 1.54) is 7.11 Å². The number of methoxy groups -OCH3 is 1. The zero-order valence-electron chi connectivity index (χ0n) is 8.60. The molecule has 0 radical (unpaired) electrons. The number of phosphoric ester groups is 1. The number of hydrogen-bond donors (Lipinski definition) is 2. The lowest BCUT2D eigenvalue weighted by Crippen LogP contribution is -2.38. The molecule has 0 aromatic carbocycles. The second-order valence-electron chi connectivity index (χ2n) is 2.69. The number of rotatable bonds is 7. The largest absolute Gasteiger partial charge is 0.472 e. The highest BCUT2D eigenvalue weighted by Crippen LogP contribution is 2.42. The minimum atomic E-state index is -4.57. The minimum absolute atomic E-state index is 0.0123. The summed E-state index contributed by atoms with van der Waals surface area (Å²) in [5.74, 6) is -1.37. The van der Waals surface area contributed by atoms with Gasteiger partial charge in [-0.05, 0) is 6.92 Å². The summed E-state index contributed by atoms with van der Waals surface area (Å²) in [7, 11) is -3.25. The van der Waals surface area contributed by atoms with Crippen LogP contribution in [0.25, 0.3) is 0 Å². The highest BCUT2D eigenvalue weighted by Gasteiger charge is 2.36. The molecule has 0 heterocycles. The summed E-state index contributed by atoms with van der Waals surface area (Å²) in [6.45, 7) is 3.88. The monoisotopic (exact) mass is 228 g/mol. The van der Waals surface area contributed by atoms with Gasteiger partial charge in [0.05, 0.1) is 0 Å². The molecular weight excluding hydrogens is 211 g/mol. The number of hydrogen-bond acceptors (Lipinski definition) is 4. The van der Waals surface area contributed by atoms with Crippen LogP contribution in [0.15, 0.2) is 0 Å². The van der Waals surface area contributed by atoms with E-state index in [0.29, 0.717) is 6.61 Å². The maximum absolute atomic E-state index is 10.7. The molecule has 0 aliphatic heterocycles. The van der Waals surface area contributed by atoms with Gasteiger partial charge < -0.3 is 19.3 Å². The first kappa shape index (κ1) is 14.0. The number of phosphoric acid groups is 1. The van der Waals surface area contributed by atoms with Gasteiger partial charge in [-0.3, -0.25) is 4.52 Å². The molecule has 2 N–H and O–H groups in total. The van der Waals surface area contributed by atoms with Crippen molar-refractivity contribution in [2.75, 3.05) is 20.3 Å². The van der Waals surface area contributed by atoms with Gasteiger partial charge in [0, 0.05) is 20.1 Å². The zero-order valence-corrected chi connectivity index (χ0v) is 9.49. The molecule has 0 aromatic rings. The van der Waals surface area contributed by atoms with Crippen molar-refractivity contribution in [1.82, 2.24) is 0 Å². The van der Waals surface area contributed by atoms with Crippen molar-refractivity contribution in [3.63, 3.8) is 0 Å². The van der Waals surface area contributed by atoms with Crippen LogP contribution in [0.3, 0.4) is 0 Å². The van der Waals surface area contributed by atoms with Crippen LogP contribution < -0.4 is 0 Å². The summed E-state index contributed by atoms with van der Waals surface area (Å²) >= 11 is 0. The van der Waals surface area contributed by atoms with Crippen LogP contribution in [0, 0.1) is 0 Å². The Morgan fingerprint density at radius 3 is 2.21 bits per heavy atom. The van der Waals surface area contributed by atoms with Gasteiger partial charge >= 0.3 is 7.82 Å². The molecular formula is C7H17O6P. The van der Waals surface area contributed by atoms with Crippen LogP contribution in [0.2, 0.25) is 0 Å². The summed E-state index contributed by atoms with van der Waals surface area (Å²) in [6.07, 6.45) is 0.286. The Morgan fingerprint density at radius 1 is 1.36 bits per heavy atom. The first-order valence-corrected chi connectivity index (χ1v) is 5.81. The van der Waals surface area contributed by atoms with Gasteiger partial charge in [-0.15, -0.1) is 0 Å². The molecule has 0 saturated heterocycles. The predicted molar refractivity (Wildman–Crippen MR) is 49.7 cm³/mol. The van der Waals surface area contributed by atoms with E-state index >= 15 is 0 Å². The van der Waals surface area contributed by atoms with Crippen LogP contribution >= 0.6 is 7.82 Å². The van der Waals surface area contributed by atoms with Crippen molar-refractivity contribution in [3.8, 4) is 0 Å². The normalized spacial score (nSPS) is 16.6. The van der Waals surface area contributed by atoms with E-state index in [4.69, 9.17) is 19.3 Å². The molecule has 0 bridgehead atoms. The van der Waals surface area contributed by atoms with Crippen LogP contribution in [-0.4, -0.2) is 35.9 Å². The van der Waals surface area contributed by atoms with Gasteiger partial charge in [0.15, 0.2) is 0 Å². The Labute approximate surface area is 83.4 Å². The Hall–Kier alpha value is 0.0300. The summed E-state index contributed by atoms with van der Waals surface area (Å²) in [4.78, 5) is 17.3. The molecule has 86 valence electrons. The van der Waals surface area contributed by atoms with E-state index < -0.39 is 13.6 Å². The highest BCUT2D eigenvalue weighted by molar-refractivity contribution is 7.46. The molecule has 0 amide bonds. The third-order valence-electron chi connectivity index (χ3n) is 1.72. The van der Waals surface area contributed by atoms with Gasteiger partial charge in [-0.25, -0.2) is 4.57 Å². The molecule has 0 aliphatic carbocycles. The molecule has 0 rings (SSSR count). The number of ether oxygens (including phenoxy) is 2. The second kappa shape index (κ2) is 5.80. The summed E-state index contributed by atoms with van der Waals surface area (Å²) in [6, 6.07) is 0. The Bertz CT molecular complexity index is 196. The van der Waals surface area contributed by atoms with E-state index in [0.717, 1.165) is 0 Å². The average molecular weight is 228 g/mol. The summed E-state index contributed by atoms with van der Waals surface area (Å²) in [5, 5.41) is 0. The molecule has 0 spiro atoms. The molecule has 1 unspecified atom stereocenters. The first-order chi connectivity index (χ1) is 6.39. The smallest absolute Gasteiger partial charge is 0.376 e. The maximum Gasteiger partial charge on any atom is 0.472 e. The lowest BCUT2D eigenvalue weighted by molar-refractivity contribution is -0.207. The Kier molecular flexibility index (Phi) is 5.81. The minimum Gasteiger partial charge on any atom is -0.376 e. The van der Waals surface area contributed by atoms with Crippen LogP contribution in [-0.2, 0) is 18.6 Å². The van der Waals surface area contributed by atoms with E-state index in [9.17, 15) is 4.57 Å². The Balaban J connectivity index is 4.44. The average Bonchev–Trinajstić information content (AvgIpc) is 2.10. The van der Waals surface area contributed by atoms with Crippen LogP contribution in [0.4, 0.5) is 0 Å². The maximum atomic E-state index is 10.7. The predicted octanol–water partition coefficient (Wildman–Crippen LogP) is 0.885. The van der Waals surface area contributed by atoms with Crippen molar-refractivity contribution in [2.45, 2.75) is 26.1 Å². The first-order valence-electron chi connectivity index (χ1n) is 4.28. The van der Waals surface area contributed by atoms with Crippen LogP contribution in [0.5, 0.6) is 0 Å². The van der Waals surface area contributed by atoms with Gasteiger partial charge in [0.25, 0.3) is 0 Å². The lowest BCUT2D eigenvalue weighted by Gasteiger charge is -2.30. The fraction of sp³-hybridized carbons (Fsp3) is 1.00. The lowest BCUT2D eigenvalue weighted by atomic mass is 10.2. The standard InChI is InChI=1S/C7H17O6P/c1-4-7(11-3,6-12-5-2)13-14(8,9)10/h4-6H2,1-3H3,(H2,8,9,10). The van der Waals surface area contributed by atoms with Crippen molar-refractivity contribution < 1.29 is 28.3 Å². The fourth-order valence-electron chi connectivity index (χ4n) is 0.908. The van der Waals surface area contributed by atoms with Gasteiger partial charge in [0.1, 0.15) is 6.61 Å². The zero-order chi connectivity index (χ0) is 11.2. The van der Waals surface area contributed by atoms with Crippen molar-refractivity contribution in [1.29, 1.82) is 0 Å². The molecule has 7 heteroatoms. The third kappa shape index (κ3) is 5.05. The van der Waals surface area contributed by atoms with Crippen molar-refractivity contribution in [2.24, 2.45) is 0 Å². The van der Waals surface area contributed by atoms with E-state index in [-0.39, 0.29) is 13.0 Å². The summed E-state index contributed by atoms with van der Waals surface area (Å²) < 4.78 is 25.2. The van der Waals surface area contributed by atoms with E-state index in [1.54, 1.807) is 13.8 Å². The third-order valence-corrected chi connectivity index (χ3v) is 2.29. The van der Waals surface area contributed by atoms with Crippen molar-refractivity contribution >= 4 is 7.82 Å². The van der Waals surface area contributed by atoms with E-state index in [1.807, 2.05) is 0 Å². The van der Waals surface area contributed by atoms with E-state index in [2.05, 4.69) is 4.52 Å². The topological polar surface area (TPSA) is 85.2 Å². The fourth-order valence-corrected chi connectivity index (χ4v) is 1.60. The molecule has 1 atom stereocenters. The SMILES string of the molecule is CCOCC(CC)(OC)OP(=O)(O)O. The molecule has 0 saturated carbocycles. The van der Waals surface area contributed by atoms with Gasteiger partial charge in [-0.1, -0.05) is 6.92 Å². The molecule has 6 nitrogen and oxygen atoms in total. The Morgan fingerprint density at radius 2 is 1.93 bits per heavy atom. The molecule has 0 fully saturated rings. The van der Waals surface area contributed by atoms with Gasteiger partial charge in [-0.2, -0.15) is 0 Å². The van der Waals surface area contributed by atoms with Crippen LogP contribution in [0.1, 0.15) is 20.3 Å². The van der Waals surface area contributed by atoms with Crippen molar-refractivity contribution in [3.05, 3.63) is 0 Å². The molecule has 14 heavy (non-hydrogen) atoms.